The molecule has 2 amide bonds. The van der Waals surface area contributed by atoms with E-state index in [1.807, 2.05) is 0 Å². The minimum atomic E-state index is -2.85. The van der Waals surface area contributed by atoms with Crippen LogP contribution in [-0.2, 0) is 4.79 Å². The number of halogens is 3. The zero-order chi connectivity index (χ0) is 19.9. The summed E-state index contributed by atoms with van der Waals surface area (Å²) >= 11 is 0. The van der Waals surface area contributed by atoms with Gasteiger partial charge < -0.3 is 15.6 Å². The summed E-state index contributed by atoms with van der Waals surface area (Å²) in [4.78, 5) is 27.9. The molecule has 1 saturated heterocycles. The fourth-order valence-corrected chi connectivity index (χ4v) is 3.93. The van der Waals surface area contributed by atoms with E-state index < -0.39 is 24.1 Å². The highest BCUT2D eigenvalue weighted by Crippen LogP contribution is 2.41. The summed E-state index contributed by atoms with van der Waals surface area (Å²) in [6, 6.07) is 0.986. The molecule has 5 nitrogen and oxygen atoms in total. The second kappa shape index (κ2) is 7.09. The lowest BCUT2D eigenvalue weighted by Gasteiger charge is -2.33. The number of benzene rings is 1. The number of carbonyl (C=O) groups excluding carboxylic acids is 2. The maximum absolute atomic E-state index is 15.0. The normalized spacial score (nSPS) is 17.5. The number of likely N-dealkylation sites (tertiary alicyclic amines) is 1. The molecule has 1 aliphatic rings. The summed E-state index contributed by atoms with van der Waals surface area (Å²) < 4.78 is 42.4. The number of rotatable bonds is 4. The first-order valence-electron chi connectivity index (χ1n) is 8.60. The smallest absolute Gasteiger partial charge is 0.266 e. The molecule has 2 aromatic rings. The number of aromatic amines is 1. The lowest BCUT2D eigenvalue weighted by molar-refractivity contribution is -0.127. The molecule has 2 heterocycles. The number of amides is 2. The topological polar surface area (TPSA) is 79.2 Å². The number of alkyl halides is 2. The first kappa shape index (κ1) is 19.0. The molecule has 0 unspecified atom stereocenters. The number of H-pyrrole nitrogens is 1. The van der Waals surface area contributed by atoms with Crippen LogP contribution >= 0.6 is 0 Å². The molecule has 3 rings (SSSR count). The van der Waals surface area contributed by atoms with Crippen molar-refractivity contribution in [3.63, 3.8) is 0 Å². The standard InChI is InChI=1S/C19H20F3N3O2/c1-3-13(26)25-6-4-5-10(8-25)15-12(20)7-11(19(23)27)17-16(15)14(18(21)22)9(2)24-17/h3,7,10,18,24H,1,4-6,8H2,2H3,(H2,23,27)/t10-/m1/s1. The van der Waals surface area contributed by atoms with Crippen LogP contribution in [0.25, 0.3) is 10.9 Å². The van der Waals surface area contributed by atoms with Crippen molar-refractivity contribution in [2.45, 2.75) is 32.1 Å². The van der Waals surface area contributed by atoms with E-state index >= 15 is 0 Å². The first-order chi connectivity index (χ1) is 12.8. The predicted molar refractivity (Wildman–Crippen MR) is 95.2 cm³/mol. The van der Waals surface area contributed by atoms with Gasteiger partial charge in [-0.05, 0) is 31.9 Å². The molecule has 1 aromatic heterocycles. The predicted octanol–water partition coefficient (Wildman–Crippen LogP) is 3.54. The molecule has 3 N–H and O–H groups in total. The zero-order valence-corrected chi connectivity index (χ0v) is 14.8. The third-order valence-electron chi connectivity index (χ3n) is 5.10. The van der Waals surface area contributed by atoms with Crippen LogP contribution in [0.5, 0.6) is 0 Å². The van der Waals surface area contributed by atoms with E-state index in [1.54, 1.807) is 0 Å². The number of primary amides is 1. The van der Waals surface area contributed by atoms with Crippen LogP contribution in [0, 0.1) is 12.7 Å². The van der Waals surface area contributed by atoms with Gasteiger partial charge in [0.1, 0.15) is 5.82 Å². The largest absolute Gasteiger partial charge is 0.366 e. The average Bonchev–Trinajstić information content (AvgIpc) is 2.96. The van der Waals surface area contributed by atoms with Gasteiger partial charge in [0, 0.05) is 41.2 Å². The number of aromatic nitrogens is 1. The van der Waals surface area contributed by atoms with Gasteiger partial charge in [-0.25, -0.2) is 13.2 Å². The molecule has 0 aliphatic carbocycles. The summed E-state index contributed by atoms with van der Waals surface area (Å²) in [6.45, 7) is 5.59. The Hall–Kier alpha value is -2.77. The molecule has 1 aliphatic heterocycles. The summed E-state index contributed by atoms with van der Waals surface area (Å²) in [6.07, 6.45) is -0.531. The highest BCUT2D eigenvalue weighted by Gasteiger charge is 2.32. The highest BCUT2D eigenvalue weighted by molar-refractivity contribution is 6.07. The van der Waals surface area contributed by atoms with Crippen molar-refractivity contribution in [2.75, 3.05) is 13.1 Å². The van der Waals surface area contributed by atoms with Gasteiger partial charge in [-0.3, -0.25) is 9.59 Å². The Balaban J connectivity index is 2.24. The van der Waals surface area contributed by atoms with E-state index in [0.717, 1.165) is 6.07 Å². The van der Waals surface area contributed by atoms with E-state index in [-0.39, 0.29) is 45.7 Å². The van der Waals surface area contributed by atoms with Gasteiger partial charge >= 0.3 is 0 Å². The summed E-state index contributed by atoms with van der Waals surface area (Å²) in [7, 11) is 0. The lowest BCUT2D eigenvalue weighted by Crippen LogP contribution is -2.38. The molecule has 0 bridgehead atoms. The number of nitrogens with zero attached hydrogens (tertiary/aromatic N) is 1. The molecular formula is C19H20F3N3O2. The van der Waals surface area contributed by atoms with E-state index in [2.05, 4.69) is 11.6 Å². The number of carbonyl (C=O) groups is 2. The van der Waals surface area contributed by atoms with Crippen LogP contribution in [0.2, 0.25) is 0 Å². The van der Waals surface area contributed by atoms with Gasteiger partial charge in [0.2, 0.25) is 5.91 Å². The summed E-state index contributed by atoms with van der Waals surface area (Å²) in [5.41, 5.74) is 5.17. The molecular weight excluding hydrogens is 359 g/mol. The van der Waals surface area contributed by atoms with Crippen LogP contribution in [0.4, 0.5) is 13.2 Å². The van der Waals surface area contributed by atoms with Crippen molar-refractivity contribution in [1.82, 2.24) is 9.88 Å². The second-order valence-corrected chi connectivity index (χ2v) is 6.73. The van der Waals surface area contributed by atoms with Gasteiger partial charge in [0.15, 0.2) is 0 Å². The van der Waals surface area contributed by atoms with Crippen LogP contribution in [0.1, 0.15) is 52.4 Å². The SMILES string of the molecule is C=CC(=O)N1CCC[C@@H](c2c(F)cc(C(N)=O)c3[nH]c(C)c(C(F)F)c23)C1. The third-order valence-corrected chi connectivity index (χ3v) is 5.10. The van der Waals surface area contributed by atoms with Crippen LogP contribution in [0.3, 0.4) is 0 Å². The Morgan fingerprint density at radius 1 is 1.44 bits per heavy atom. The van der Waals surface area contributed by atoms with Crippen molar-refractivity contribution in [3.05, 3.63) is 46.9 Å². The van der Waals surface area contributed by atoms with E-state index in [1.165, 1.54) is 17.9 Å². The molecule has 1 aromatic carbocycles. The molecule has 0 radical (unpaired) electrons. The quantitative estimate of drug-likeness (QED) is 0.797. The fraction of sp³-hybridized carbons (Fsp3) is 0.368. The lowest BCUT2D eigenvalue weighted by atomic mass is 9.86. The molecule has 8 heteroatoms. The minimum Gasteiger partial charge on any atom is -0.366 e. The van der Waals surface area contributed by atoms with Gasteiger partial charge in [-0.15, -0.1) is 0 Å². The van der Waals surface area contributed by atoms with Crippen molar-refractivity contribution in [1.29, 1.82) is 0 Å². The first-order valence-corrected chi connectivity index (χ1v) is 8.60. The Labute approximate surface area is 154 Å². The van der Waals surface area contributed by atoms with Gasteiger partial charge in [-0.2, -0.15) is 0 Å². The number of hydrogen-bond donors (Lipinski definition) is 2. The average molecular weight is 379 g/mol. The third kappa shape index (κ3) is 3.20. The number of hydrogen-bond acceptors (Lipinski definition) is 2. The zero-order valence-electron chi connectivity index (χ0n) is 14.8. The molecule has 27 heavy (non-hydrogen) atoms. The van der Waals surface area contributed by atoms with E-state index in [0.29, 0.717) is 19.4 Å². The summed E-state index contributed by atoms with van der Waals surface area (Å²) in [5.74, 6) is -2.43. The minimum absolute atomic E-state index is 0.00537. The van der Waals surface area contributed by atoms with Crippen molar-refractivity contribution >= 4 is 22.7 Å². The van der Waals surface area contributed by atoms with E-state index in [9.17, 15) is 22.8 Å². The van der Waals surface area contributed by atoms with Crippen LogP contribution in [0.15, 0.2) is 18.7 Å². The van der Waals surface area contributed by atoms with Gasteiger partial charge in [-0.1, -0.05) is 6.58 Å². The number of fused-ring (bicyclic) bond motifs is 1. The van der Waals surface area contributed by atoms with E-state index in [4.69, 9.17) is 5.73 Å². The van der Waals surface area contributed by atoms with Crippen molar-refractivity contribution < 1.29 is 22.8 Å². The molecule has 1 atom stereocenters. The number of nitrogens with two attached hydrogens (primary N) is 1. The maximum atomic E-state index is 15.0. The molecule has 1 fully saturated rings. The Morgan fingerprint density at radius 2 is 2.15 bits per heavy atom. The Morgan fingerprint density at radius 3 is 2.74 bits per heavy atom. The second-order valence-electron chi connectivity index (χ2n) is 6.73. The number of nitrogens with one attached hydrogen (secondary N) is 1. The highest BCUT2D eigenvalue weighted by atomic mass is 19.3. The van der Waals surface area contributed by atoms with Crippen LogP contribution in [-0.4, -0.2) is 34.8 Å². The summed E-state index contributed by atoms with van der Waals surface area (Å²) in [5, 5.41) is -0.00537. The van der Waals surface area contributed by atoms with Gasteiger partial charge in [0.25, 0.3) is 12.3 Å². The number of aryl methyl sites for hydroxylation is 1. The van der Waals surface area contributed by atoms with Gasteiger partial charge in [0.05, 0.1) is 11.1 Å². The molecule has 0 spiro atoms. The fourth-order valence-electron chi connectivity index (χ4n) is 3.93. The van der Waals surface area contributed by atoms with Crippen molar-refractivity contribution in [3.8, 4) is 0 Å². The Kier molecular flexibility index (Phi) is 4.99. The monoisotopic (exact) mass is 379 g/mol. The maximum Gasteiger partial charge on any atom is 0.266 e. The van der Waals surface area contributed by atoms with Crippen LogP contribution < -0.4 is 5.73 Å². The number of piperidine rings is 1. The Bertz CT molecular complexity index is 936. The molecule has 0 saturated carbocycles. The molecule has 144 valence electrons. The van der Waals surface area contributed by atoms with Crippen molar-refractivity contribution in [2.24, 2.45) is 5.73 Å².